The number of nitrogens with zero attached hydrogens (tertiary/aromatic N) is 4. The highest BCUT2D eigenvalue weighted by Crippen LogP contribution is 2.34. The number of aromatic nitrogens is 1. The lowest BCUT2D eigenvalue weighted by molar-refractivity contribution is -0.112. The van der Waals surface area contributed by atoms with Crippen LogP contribution in [0.5, 0.6) is 11.5 Å². The summed E-state index contributed by atoms with van der Waals surface area (Å²) in [6.07, 6.45) is 0. The normalized spacial score (nSPS) is 16.7. The highest BCUT2D eigenvalue weighted by Gasteiger charge is 2.32. The van der Waals surface area contributed by atoms with E-state index in [4.69, 9.17) is 9.47 Å². The van der Waals surface area contributed by atoms with Crippen LogP contribution in [0, 0.1) is 0 Å². The molecule has 3 aromatic rings. The maximum Gasteiger partial charge on any atom is 0.272 e. The number of anilines is 2. The van der Waals surface area contributed by atoms with Gasteiger partial charge in [0.1, 0.15) is 17.9 Å². The van der Waals surface area contributed by atoms with E-state index in [9.17, 15) is 9.59 Å². The fourth-order valence-corrected chi connectivity index (χ4v) is 4.99. The summed E-state index contributed by atoms with van der Waals surface area (Å²) in [6.45, 7) is 0.733. The largest absolute Gasteiger partial charge is 0.493 e. The van der Waals surface area contributed by atoms with E-state index in [-0.39, 0.29) is 11.5 Å². The number of methoxy groups -OCH3 is 2. The smallest absolute Gasteiger partial charge is 0.272 e. The van der Waals surface area contributed by atoms with Crippen molar-refractivity contribution in [2.24, 2.45) is 4.99 Å². The fraction of sp³-hybridized carbons (Fsp3) is 0.227. The van der Waals surface area contributed by atoms with Crippen molar-refractivity contribution in [3.63, 3.8) is 0 Å². The first-order valence-corrected chi connectivity index (χ1v) is 10.5. The van der Waals surface area contributed by atoms with E-state index in [1.54, 1.807) is 30.7 Å². The van der Waals surface area contributed by atoms with Crippen molar-refractivity contribution >= 4 is 34.2 Å². The van der Waals surface area contributed by atoms with E-state index in [1.165, 1.54) is 11.3 Å². The summed E-state index contributed by atoms with van der Waals surface area (Å²) >= 11 is 1.27. The van der Waals surface area contributed by atoms with Crippen molar-refractivity contribution in [1.82, 2.24) is 4.57 Å². The Hall–Kier alpha value is -3.59. The number of fused-ring (bicyclic) bond motifs is 2. The van der Waals surface area contributed by atoms with Gasteiger partial charge in [-0.15, -0.1) is 0 Å². The molecule has 2 aliphatic heterocycles. The number of carbonyl (C=O) groups excluding carboxylic acids is 1. The van der Waals surface area contributed by atoms with E-state index < -0.39 is 0 Å². The Morgan fingerprint density at radius 2 is 1.81 bits per heavy atom. The summed E-state index contributed by atoms with van der Waals surface area (Å²) in [6, 6.07) is 13.1. The van der Waals surface area contributed by atoms with Crippen LogP contribution in [0.1, 0.15) is 5.56 Å². The number of hydrogen-bond acceptors (Lipinski definition) is 7. The van der Waals surface area contributed by atoms with Crippen LogP contribution in [0.15, 0.2) is 52.3 Å². The average molecular weight is 436 g/mol. The number of ether oxygens (including phenoxy) is 2. The number of benzene rings is 2. The van der Waals surface area contributed by atoms with E-state index in [1.807, 2.05) is 47.4 Å². The van der Waals surface area contributed by atoms with Crippen LogP contribution in [0.4, 0.5) is 11.4 Å². The lowest BCUT2D eigenvalue weighted by Crippen LogP contribution is -2.43. The van der Waals surface area contributed by atoms with Crippen molar-refractivity contribution in [1.29, 1.82) is 0 Å². The molecule has 0 unspecified atom stereocenters. The molecule has 0 saturated carbocycles. The molecule has 0 aliphatic carbocycles. The van der Waals surface area contributed by atoms with Crippen molar-refractivity contribution in [2.75, 3.05) is 37.7 Å². The number of carbonyl (C=O) groups is 1. The second-order valence-electron chi connectivity index (χ2n) is 7.22. The van der Waals surface area contributed by atoms with E-state index in [0.29, 0.717) is 39.7 Å². The number of likely N-dealkylation sites (N-methyl/N-ethyl adjacent to an activating group) is 1. The monoisotopic (exact) mass is 436 g/mol. The molecule has 158 valence electrons. The third-order valence-electron chi connectivity index (χ3n) is 5.57. The first-order chi connectivity index (χ1) is 15.0. The molecule has 0 spiro atoms. The van der Waals surface area contributed by atoms with Gasteiger partial charge in [0.2, 0.25) is 0 Å². The maximum absolute atomic E-state index is 13.3. The zero-order chi connectivity index (χ0) is 21.7. The van der Waals surface area contributed by atoms with E-state index >= 15 is 0 Å². The predicted molar refractivity (Wildman–Crippen MR) is 119 cm³/mol. The van der Waals surface area contributed by atoms with E-state index in [2.05, 4.69) is 4.99 Å². The molecule has 0 atom stereocenters. The Labute approximate surface area is 181 Å². The van der Waals surface area contributed by atoms with Gasteiger partial charge in [-0.25, -0.2) is 4.99 Å². The Bertz CT molecular complexity index is 1390. The van der Waals surface area contributed by atoms with E-state index in [0.717, 1.165) is 16.9 Å². The molecular weight excluding hydrogens is 416 g/mol. The number of hydrogen-bond donors (Lipinski definition) is 0. The molecule has 0 bridgehead atoms. The number of para-hydroxylation sites is 1. The minimum Gasteiger partial charge on any atom is -0.493 e. The highest BCUT2D eigenvalue weighted by atomic mass is 32.1. The molecule has 1 amide bonds. The molecule has 0 saturated heterocycles. The molecule has 9 heteroatoms. The van der Waals surface area contributed by atoms with Gasteiger partial charge < -0.3 is 19.3 Å². The Morgan fingerprint density at radius 3 is 2.58 bits per heavy atom. The Kier molecular flexibility index (Phi) is 4.55. The summed E-state index contributed by atoms with van der Waals surface area (Å²) in [5, 5.41) is 0. The zero-order valence-electron chi connectivity index (χ0n) is 17.3. The summed E-state index contributed by atoms with van der Waals surface area (Å²) in [7, 11) is 4.90. The second-order valence-corrected chi connectivity index (χ2v) is 8.20. The average Bonchev–Trinajstić information content (AvgIpc) is 3.26. The van der Waals surface area contributed by atoms with Gasteiger partial charge in [0.15, 0.2) is 16.3 Å². The van der Waals surface area contributed by atoms with Crippen LogP contribution in [0.3, 0.4) is 0 Å². The fourth-order valence-electron chi connectivity index (χ4n) is 3.94. The van der Waals surface area contributed by atoms with Gasteiger partial charge in [0.25, 0.3) is 11.5 Å². The molecule has 3 heterocycles. The zero-order valence-corrected chi connectivity index (χ0v) is 18.1. The second kappa shape index (κ2) is 7.28. The van der Waals surface area contributed by atoms with Crippen LogP contribution in [0.25, 0.3) is 5.57 Å². The molecule has 5 rings (SSSR count). The Morgan fingerprint density at radius 1 is 1.03 bits per heavy atom. The van der Waals surface area contributed by atoms with Gasteiger partial charge >= 0.3 is 0 Å². The maximum atomic E-state index is 13.3. The van der Waals surface area contributed by atoms with Crippen LogP contribution in [-0.4, -0.2) is 38.4 Å². The van der Waals surface area contributed by atoms with Crippen molar-refractivity contribution in [3.8, 4) is 11.5 Å². The van der Waals surface area contributed by atoms with Crippen molar-refractivity contribution in [2.45, 2.75) is 6.67 Å². The van der Waals surface area contributed by atoms with Gasteiger partial charge in [-0.1, -0.05) is 29.5 Å². The molecule has 1 aromatic heterocycles. The molecule has 0 N–H and O–H groups in total. The van der Waals surface area contributed by atoms with Crippen LogP contribution in [-0.2, 0) is 11.5 Å². The van der Waals surface area contributed by atoms with Crippen LogP contribution in [0.2, 0.25) is 0 Å². The van der Waals surface area contributed by atoms with Gasteiger partial charge in [-0.2, -0.15) is 0 Å². The minimum absolute atomic E-state index is 0.172. The molecule has 0 radical (unpaired) electrons. The first-order valence-electron chi connectivity index (χ1n) is 9.66. The van der Waals surface area contributed by atoms with Crippen LogP contribution < -0.4 is 34.2 Å². The van der Waals surface area contributed by atoms with Gasteiger partial charge in [0.05, 0.1) is 25.5 Å². The third-order valence-corrected chi connectivity index (χ3v) is 6.68. The number of amides is 1. The van der Waals surface area contributed by atoms with Crippen LogP contribution >= 0.6 is 11.3 Å². The third kappa shape index (κ3) is 2.92. The standard InChI is InChI=1S/C22H20N4O4S/c1-24-15-7-5-4-6-14(15)18(20(24)27)19-21(28)26-12-25(11-23-22(26)31-19)13-8-9-16(29-2)17(10-13)30-3/h4-10H,11-12H2,1-3H3/b19-18-. The summed E-state index contributed by atoms with van der Waals surface area (Å²) in [5.74, 6) is 1.07. The molecule has 31 heavy (non-hydrogen) atoms. The summed E-state index contributed by atoms with van der Waals surface area (Å²) < 4.78 is 12.7. The highest BCUT2D eigenvalue weighted by molar-refractivity contribution is 7.07. The predicted octanol–water partition coefficient (Wildman–Crippen LogP) is 1.16. The molecule has 0 fully saturated rings. The number of rotatable bonds is 3. The lowest BCUT2D eigenvalue weighted by Gasteiger charge is -2.26. The first kappa shape index (κ1) is 19.4. The summed E-state index contributed by atoms with van der Waals surface area (Å²) in [4.78, 5) is 35.0. The SMILES string of the molecule is COc1ccc(N2CN=c3s/c(=C4\C(=O)N(C)c5ccccc54)c(=O)n3C2)cc1OC. The number of thiazole rings is 1. The quantitative estimate of drug-likeness (QED) is 0.616. The molecular formula is C22H20N4O4S. The lowest BCUT2D eigenvalue weighted by atomic mass is 10.1. The summed E-state index contributed by atoms with van der Waals surface area (Å²) in [5.41, 5.74) is 2.69. The topological polar surface area (TPSA) is 76.4 Å². The Balaban J connectivity index is 1.60. The van der Waals surface area contributed by atoms with Gasteiger partial charge in [-0.3, -0.25) is 14.2 Å². The van der Waals surface area contributed by atoms with Crippen molar-refractivity contribution in [3.05, 3.63) is 67.7 Å². The molecule has 2 aliphatic rings. The molecule has 8 nitrogen and oxygen atoms in total. The van der Waals surface area contributed by atoms with Crippen molar-refractivity contribution < 1.29 is 14.3 Å². The minimum atomic E-state index is -0.206. The van der Waals surface area contributed by atoms with Gasteiger partial charge in [-0.05, 0) is 18.2 Å². The molecule has 2 aromatic carbocycles. The van der Waals surface area contributed by atoms with Gasteiger partial charge in [0, 0.05) is 24.4 Å².